The molecule has 4 rings (SSSR count). The minimum atomic E-state index is -0.315. The molecule has 0 unspecified atom stereocenters. The van der Waals surface area contributed by atoms with Gasteiger partial charge in [0.05, 0.1) is 12.2 Å². The van der Waals surface area contributed by atoms with Crippen LogP contribution in [-0.4, -0.2) is 43.0 Å². The van der Waals surface area contributed by atoms with Crippen LogP contribution >= 0.6 is 12.6 Å². The summed E-state index contributed by atoms with van der Waals surface area (Å²) in [7, 11) is 0. The standard InChI is InChI=1S/C27H30N6O2S.C2H6.H2/c1-4-21-11-9-20(14-28-21)19-10-12-24(35-15-18(3)16-36)22(13-19)27(34)31-25-8-6-7-23(30-25)26-32-29-17-33(26)5-2;1-2;/h6-14,17-18,36H,4-5,15-16H2,1-3H3,(H,30,31,34);1-2H3;1H/t18-;;/m0../s1. The van der Waals surface area contributed by atoms with Crippen molar-refractivity contribution in [1.29, 1.82) is 0 Å². The lowest BCUT2D eigenvalue weighted by Gasteiger charge is -2.16. The molecular weight excluding hydrogens is 496 g/mol. The molecule has 3 aromatic heterocycles. The molecule has 4 aromatic rings. The first kappa shape index (κ1) is 28.8. The van der Waals surface area contributed by atoms with Crippen LogP contribution in [-0.2, 0) is 13.0 Å². The van der Waals surface area contributed by atoms with Crippen molar-refractivity contribution >= 4 is 24.4 Å². The Morgan fingerprint density at radius 2 is 1.92 bits per heavy atom. The Kier molecular flexibility index (Phi) is 10.8. The van der Waals surface area contributed by atoms with Gasteiger partial charge in [-0.15, -0.1) is 10.2 Å². The number of anilines is 1. The van der Waals surface area contributed by atoms with Gasteiger partial charge in [0.15, 0.2) is 5.82 Å². The summed E-state index contributed by atoms with van der Waals surface area (Å²) in [6.45, 7) is 11.3. The molecule has 0 aliphatic carbocycles. The number of thiol groups is 1. The molecule has 0 aliphatic rings. The minimum Gasteiger partial charge on any atom is -0.492 e. The molecule has 0 aliphatic heterocycles. The molecule has 0 saturated carbocycles. The Morgan fingerprint density at radius 3 is 2.61 bits per heavy atom. The van der Waals surface area contributed by atoms with Gasteiger partial charge in [0, 0.05) is 25.4 Å². The van der Waals surface area contributed by atoms with Crippen molar-refractivity contribution in [2.75, 3.05) is 17.7 Å². The van der Waals surface area contributed by atoms with E-state index in [1.165, 1.54) is 0 Å². The van der Waals surface area contributed by atoms with Crippen LogP contribution in [0.1, 0.15) is 52.1 Å². The maximum absolute atomic E-state index is 13.5. The highest BCUT2D eigenvalue weighted by molar-refractivity contribution is 7.80. The van der Waals surface area contributed by atoms with Gasteiger partial charge in [-0.3, -0.25) is 9.78 Å². The Labute approximate surface area is 231 Å². The van der Waals surface area contributed by atoms with Crippen molar-refractivity contribution in [3.63, 3.8) is 0 Å². The number of carbonyl (C=O) groups is 1. The van der Waals surface area contributed by atoms with Gasteiger partial charge < -0.3 is 14.6 Å². The number of aryl methyl sites for hydroxylation is 2. The van der Waals surface area contributed by atoms with Gasteiger partial charge in [-0.2, -0.15) is 12.6 Å². The Morgan fingerprint density at radius 1 is 1.13 bits per heavy atom. The fourth-order valence-electron chi connectivity index (χ4n) is 3.60. The second-order valence-electron chi connectivity index (χ2n) is 8.50. The highest BCUT2D eigenvalue weighted by Crippen LogP contribution is 2.28. The highest BCUT2D eigenvalue weighted by Gasteiger charge is 2.17. The number of benzene rings is 1. The zero-order valence-corrected chi connectivity index (χ0v) is 23.6. The predicted octanol–water partition coefficient (Wildman–Crippen LogP) is 6.45. The molecule has 8 nitrogen and oxygen atoms in total. The molecule has 0 radical (unpaired) electrons. The summed E-state index contributed by atoms with van der Waals surface area (Å²) in [5.41, 5.74) is 3.87. The lowest BCUT2D eigenvalue weighted by atomic mass is 10.0. The van der Waals surface area contributed by atoms with Gasteiger partial charge in [0.25, 0.3) is 5.91 Å². The summed E-state index contributed by atoms with van der Waals surface area (Å²) < 4.78 is 7.91. The van der Waals surface area contributed by atoms with Crippen molar-refractivity contribution in [2.24, 2.45) is 5.92 Å². The summed E-state index contributed by atoms with van der Waals surface area (Å²) in [4.78, 5) is 22.5. The van der Waals surface area contributed by atoms with Crippen molar-refractivity contribution in [3.05, 3.63) is 72.3 Å². The van der Waals surface area contributed by atoms with Crippen LogP contribution in [0.5, 0.6) is 5.75 Å². The van der Waals surface area contributed by atoms with Crippen molar-refractivity contribution in [2.45, 2.75) is 47.6 Å². The van der Waals surface area contributed by atoms with Gasteiger partial charge in [0.2, 0.25) is 0 Å². The number of hydrogen-bond acceptors (Lipinski definition) is 7. The van der Waals surface area contributed by atoms with Gasteiger partial charge in [0.1, 0.15) is 23.6 Å². The van der Waals surface area contributed by atoms with Crippen LogP contribution in [0.3, 0.4) is 0 Å². The molecule has 0 saturated heterocycles. The SMILES string of the molecule is CC.CCc1ccc(-c2ccc(OC[C@H](C)CS)c(C(=O)Nc3cccc(-c4nncn4CC)n3)c2)cn1.[HH]. The number of nitrogens with one attached hydrogen (secondary N) is 1. The zero-order chi connectivity index (χ0) is 27.5. The molecular formula is C29H38N6O2S. The van der Waals surface area contributed by atoms with Crippen molar-refractivity contribution < 1.29 is 11.0 Å². The van der Waals surface area contributed by atoms with Crippen molar-refractivity contribution in [1.82, 2.24) is 24.7 Å². The molecule has 38 heavy (non-hydrogen) atoms. The van der Waals surface area contributed by atoms with E-state index in [4.69, 9.17) is 4.74 Å². The largest absolute Gasteiger partial charge is 0.492 e. The summed E-state index contributed by atoms with van der Waals surface area (Å²) in [5, 5.41) is 11.0. The highest BCUT2D eigenvalue weighted by atomic mass is 32.1. The van der Waals surface area contributed by atoms with E-state index in [-0.39, 0.29) is 13.3 Å². The third-order valence-electron chi connectivity index (χ3n) is 5.76. The molecule has 9 heteroatoms. The lowest BCUT2D eigenvalue weighted by Crippen LogP contribution is -2.17. The van der Waals surface area contributed by atoms with E-state index < -0.39 is 0 Å². The average molecular weight is 535 g/mol. The molecule has 1 N–H and O–H groups in total. The third-order valence-corrected chi connectivity index (χ3v) is 6.38. The predicted molar refractivity (Wildman–Crippen MR) is 158 cm³/mol. The van der Waals surface area contributed by atoms with E-state index in [9.17, 15) is 4.79 Å². The Hall–Kier alpha value is -3.72. The monoisotopic (exact) mass is 534 g/mol. The number of aromatic nitrogens is 5. The van der Waals surface area contributed by atoms with Crippen LogP contribution < -0.4 is 10.1 Å². The first-order valence-electron chi connectivity index (χ1n) is 13.0. The topological polar surface area (TPSA) is 94.8 Å². The smallest absolute Gasteiger partial charge is 0.260 e. The molecule has 0 fully saturated rings. The first-order valence-corrected chi connectivity index (χ1v) is 13.6. The number of rotatable bonds is 10. The van der Waals surface area contributed by atoms with Crippen LogP contribution in [0.4, 0.5) is 5.82 Å². The number of hydrogen-bond donors (Lipinski definition) is 2. The molecule has 1 amide bonds. The molecule has 0 bridgehead atoms. The van der Waals surface area contributed by atoms with Gasteiger partial charge in [-0.05, 0) is 60.9 Å². The van der Waals surface area contributed by atoms with Crippen LogP contribution in [0, 0.1) is 5.92 Å². The first-order chi connectivity index (χ1) is 18.5. The molecule has 1 atom stereocenters. The van der Waals surface area contributed by atoms with Gasteiger partial charge in [-0.25, -0.2) is 4.98 Å². The zero-order valence-electron chi connectivity index (χ0n) is 22.7. The van der Waals surface area contributed by atoms with E-state index in [1.54, 1.807) is 12.4 Å². The maximum atomic E-state index is 13.5. The minimum absolute atomic E-state index is 0. The average Bonchev–Trinajstić information content (AvgIpc) is 3.46. The van der Waals surface area contributed by atoms with E-state index in [0.29, 0.717) is 47.6 Å². The Bertz CT molecular complexity index is 1330. The van der Waals surface area contributed by atoms with Gasteiger partial charge >= 0.3 is 0 Å². The van der Waals surface area contributed by atoms with Gasteiger partial charge in [-0.1, -0.05) is 45.9 Å². The lowest BCUT2D eigenvalue weighted by molar-refractivity contribution is 0.102. The van der Waals surface area contributed by atoms with Crippen molar-refractivity contribution in [3.8, 4) is 28.4 Å². The summed E-state index contributed by atoms with van der Waals surface area (Å²) in [6, 6.07) is 15.0. The quantitative estimate of drug-likeness (QED) is 0.227. The molecule has 3 heterocycles. The summed E-state index contributed by atoms with van der Waals surface area (Å²) in [5.74, 6) is 2.17. The van der Waals surface area contributed by atoms with Crippen LogP contribution in [0.25, 0.3) is 22.6 Å². The second kappa shape index (κ2) is 14.3. The number of nitrogens with zero attached hydrogens (tertiary/aromatic N) is 5. The molecule has 202 valence electrons. The van der Waals surface area contributed by atoms with E-state index in [2.05, 4.69) is 45.0 Å². The number of ether oxygens (including phenoxy) is 1. The summed E-state index contributed by atoms with van der Waals surface area (Å²) in [6.07, 6.45) is 4.35. The second-order valence-corrected chi connectivity index (χ2v) is 8.87. The molecule has 1 aromatic carbocycles. The normalized spacial score (nSPS) is 11.3. The number of amides is 1. The number of pyridine rings is 2. The fourth-order valence-corrected chi connectivity index (χ4v) is 3.70. The van der Waals surface area contributed by atoms with E-state index in [1.807, 2.05) is 80.9 Å². The Balaban J connectivity index is 0.00000174. The van der Waals surface area contributed by atoms with E-state index >= 15 is 0 Å². The fraction of sp³-hybridized carbons (Fsp3) is 0.345. The maximum Gasteiger partial charge on any atom is 0.260 e. The molecule has 0 spiro atoms. The number of carbonyl (C=O) groups excluding carboxylic acids is 1. The van der Waals surface area contributed by atoms with Crippen LogP contribution in [0.15, 0.2) is 61.1 Å². The summed E-state index contributed by atoms with van der Waals surface area (Å²) >= 11 is 4.34. The van der Waals surface area contributed by atoms with E-state index in [0.717, 1.165) is 23.2 Å². The third kappa shape index (κ3) is 7.19. The van der Waals surface area contributed by atoms with Crippen LogP contribution in [0.2, 0.25) is 0 Å².